The first kappa shape index (κ1) is 31.5. The molecule has 2 aliphatic heterocycles. The molecule has 4 rings (SSSR count). The Morgan fingerprint density at radius 3 is 2.50 bits per heavy atom. The lowest BCUT2D eigenvalue weighted by atomic mass is 10.0. The molecule has 12 nitrogen and oxygen atoms in total. The minimum atomic E-state index is -0.403. The van der Waals surface area contributed by atoms with Crippen molar-refractivity contribution in [1.82, 2.24) is 15.1 Å². The molecule has 2 aliphatic rings. The van der Waals surface area contributed by atoms with Gasteiger partial charge in [-0.15, -0.1) is 0 Å². The third-order valence-electron chi connectivity index (χ3n) is 7.34. The molecular weight excluding hydrogens is 566 g/mol. The average molecular weight is 604 g/mol. The maximum Gasteiger partial charge on any atom is 0.338 e. The number of esters is 1. The van der Waals surface area contributed by atoms with Gasteiger partial charge in [0, 0.05) is 51.6 Å². The number of piperidine rings is 1. The summed E-state index contributed by atoms with van der Waals surface area (Å²) in [7, 11) is 3.03. The minimum Gasteiger partial charge on any atom is -0.496 e. The molecule has 4 N–H and O–H groups in total. The predicted octanol–water partition coefficient (Wildman–Crippen LogP) is 1.88. The maximum absolute atomic E-state index is 13.0. The van der Waals surface area contributed by atoms with E-state index in [4.69, 9.17) is 36.3 Å². The number of amides is 2. The van der Waals surface area contributed by atoms with E-state index < -0.39 is 5.97 Å². The second-order valence-electron chi connectivity index (χ2n) is 10.2. The van der Waals surface area contributed by atoms with E-state index >= 15 is 0 Å². The molecule has 0 aromatic heterocycles. The number of methoxy groups -OCH3 is 2. The van der Waals surface area contributed by atoms with Crippen LogP contribution >= 0.6 is 11.6 Å². The Morgan fingerprint density at radius 1 is 1.07 bits per heavy atom. The Bertz CT molecular complexity index is 1240. The Balaban J connectivity index is 1.22. The monoisotopic (exact) mass is 603 g/mol. The largest absolute Gasteiger partial charge is 0.496 e. The van der Waals surface area contributed by atoms with Crippen molar-refractivity contribution in [2.24, 2.45) is 0 Å². The Morgan fingerprint density at radius 2 is 1.81 bits per heavy atom. The number of anilines is 2. The number of hydrogen-bond acceptors (Lipinski definition) is 10. The fourth-order valence-electron chi connectivity index (χ4n) is 4.96. The highest BCUT2D eigenvalue weighted by molar-refractivity contribution is 6.33. The molecule has 0 spiro atoms. The van der Waals surface area contributed by atoms with Gasteiger partial charge in [0.25, 0.3) is 5.91 Å². The SMILES string of the molecule is COc1cc(N)c(Cl)cc1C(=O)N[C@@H]1CCN(CC(=O)Nc2ccc(C(=O)OCCN3CCOCC3)cc2)C[C@@H]1OC. The van der Waals surface area contributed by atoms with Crippen LogP contribution in [-0.4, -0.2) is 113 Å². The van der Waals surface area contributed by atoms with Crippen LogP contribution in [-0.2, 0) is 19.0 Å². The van der Waals surface area contributed by atoms with Gasteiger partial charge in [0.15, 0.2) is 0 Å². The first-order valence-corrected chi connectivity index (χ1v) is 14.2. The van der Waals surface area contributed by atoms with E-state index in [0.29, 0.717) is 68.6 Å². The van der Waals surface area contributed by atoms with E-state index in [-0.39, 0.29) is 41.1 Å². The lowest BCUT2D eigenvalue weighted by Crippen LogP contribution is -2.55. The summed E-state index contributed by atoms with van der Waals surface area (Å²) in [5.74, 6) is -0.628. The summed E-state index contributed by atoms with van der Waals surface area (Å²) in [6.45, 7) is 5.21. The van der Waals surface area contributed by atoms with Crippen molar-refractivity contribution in [3.8, 4) is 5.75 Å². The van der Waals surface area contributed by atoms with Crippen molar-refractivity contribution < 1.29 is 33.3 Å². The zero-order valence-electron chi connectivity index (χ0n) is 23.9. The van der Waals surface area contributed by atoms with Gasteiger partial charge < -0.3 is 35.3 Å². The van der Waals surface area contributed by atoms with Crippen LogP contribution in [0.2, 0.25) is 5.02 Å². The van der Waals surface area contributed by atoms with Crippen molar-refractivity contribution in [3.05, 3.63) is 52.5 Å². The molecule has 2 heterocycles. The number of hydrogen-bond donors (Lipinski definition) is 3. The molecule has 42 heavy (non-hydrogen) atoms. The van der Waals surface area contributed by atoms with Crippen molar-refractivity contribution in [1.29, 1.82) is 0 Å². The number of carbonyl (C=O) groups excluding carboxylic acids is 3. The number of halogens is 1. The number of nitrogen functional groups attached to an aromatic ring is 1. The van der Waals surface area contributed by atoms with Crippen molar-refractivity contribution >= 4 is 40.8 Å². The summed E-state index contributed by atoms with van der Waals surface area (Å²) in [6, 6.07) is 9.33. The third kappa shape index (κ3) is 8.55. The Hall–Kier alpha value is -3.42. The van der Waals surface area contributed by atoms with E-state index in [9.17, 15) is 14.4 Å². The molecule has 2 fully saturated rings. The first-order valence-electron chi connectivity index (χ1n) is 13.8. The van der Waals surface area contributed by atoms with Crippen LogP contribution in [0, 0.1) is 0 Å². The average Bonchev–Trinajstić information content (AvgIpc) is 2.99. The molecule has 13 heteroatoms. The van der Waals surface area contributed by atoms with Gasteiger partial charge in [0.05, 0.1) is 60.9 Å². The van der Waals surface area contributed by atoms with Crippen LogP contribution in [0.4, 0.5) is 11.4 Å². The number of morpholine rings is 1. The van der Waals surface area contributed by atoms with Gasteiger partial charge in [-0.3, -0.25) is 19.4 Å². The second-order valence-corrected chi connectivity index (χ2v) is 10.6. The van der Waals surface area contributed by atoms with Crippen LogP contribution in [0.15, 0.2) is 36.4 Å². The van der Waals surface area contributed by atoms with Gasteiger partial charge in [0.1, 0.15) is 12.4 Å². The first-order chi connectivity index (χ1) is 20.3. The number of ether oxygens (including phenoxy) is 4. The maximum atomic E-state index is 13.0. The lowest BCUT2D eigenvalue weighted by Gasteiger charge is -2.37. The normalized spacial score (nSPS) is 19.6. The number of carbonyl (C=O) groups is 3. The number of likely N-dealkylation sites (tertiary alicyclic amines) is 1. The topological polar surface area (TPSA) is 145 Å². The van der Waals surface area contributed by atoms with Crippen molar-refractivity contribution in [2.75, 3.05) is 84.4 Å². The molecule has 228 valence electrons. The van der Waals surface area contributed by atoms with Crippen LogP contribution in [0.1, 0.15) is 27.1 Å². The number of nitrogens with zero attached hydrogens (tertiary/aromatic N) is 2. The molecule has 0 bridgehead atoms. The second kappa shape index (κ2) is 15.2. The van der Waals surface area contributed by atoms with Crippen LogP contribution in [0.3, 0.4) is 0 Å². The highest BCUT2D eigenvalue weighted by Gasteiger charge is 2.32. The van der Waals surface area contributed by atoms with Gasteiger partial charge >= 0.3 is 5.97 Å². The fourth-order valence-corrected chi connectivity index (χ4v) is 5.12. The smallest absolute Gasteiger partial charge is 0.338 e. The minimum absolute atomic E-state index is 0.146. The number of nitrogens with one attached hydrogen (secondary N) is 2. The third-order valence-corrected chi connectivity index (χ3v) is 7.67. The van der Waals surface area contributed by atoms with Gasteiger partial charge in [-0.1, -0.05) is 11.6 Å². The number of nitrogens with two attached hydrogens (primary N) is 1. The summed E-state index contributed by atoms with van der Waals surface area (Å²) in [5.41, 5.74) is 7.42. The summed E-state index contributed by atoms with van der Waals surface area (Å²) >= 11 is 6.12. The highest BCUT2D eigenvalue weighted by atomic mass is 35.5. The Kier molecular flexibility index (Phi) is 11.4. The summed E-state index contributed by atoms with van der Waals surface area (Å²) in [5, 5.41) is 6.13. The predicted molar refractivity (Wildman–Crippen MR) is 158 cm³/mol. The standard InChI is InChI=1S/C29H38ClN5O7/c1-39-25-16-23(31)22(30)15-21(25)28(37)33-24-7-8-35(17-26(24)40-2)18-27(36)32-20-5-3-19(4-6-20)29(38)42-14-11-34-9-12-41-13-10-34/h3-6,15-16,24,26H,7-14,17-18,31H2,1-2H3,(H,32,36)(H,33,37)/t24-,26+/m1/s1. The highest BCUT2D eigenvalue weighted by Crippen LogP contribution is 2.29. The summed E-state index contributed by atoms with van der Waals surface area (Å²) in [6.07, 6.45) is 0.240. The van der Waals surface area contributed by atoms with E-state index in [1.807, 2.05) is 4.90 Å². The summed E-state index contributed by atoms with van der Waals surface area (Å²) < 4.78 is 21.6. The van der Waals surface area contributed by atoms with Crippen molar-refractivity contribution in [3.63, 3.8) is 0 Å². The van der Waals surface area contributed by atoms with E-state index in [2.05, 4.69) is 15.5 Å². The van der Waals surface area contributed by atoms with Crippen LogP contribution in [0.25, 0.3) is 0 Å². The van der Waals surface area contributed by atoms with Gasteiger partial charge in [0.2, 0.25) is 5.91 Å². The van der Waals surface area contributed by atoms with Gasteiger partial charge in [-0.05, 0) is 36.8 Å². The fraction of sp³-hybridized carbons (Fsp3) is 0.483. The zero-order chi connectivity index (χ0) is 30.1. The molecule has 0 saturated carbocycles. The van der Waals surface area contributed by atoms with E-state index in [1.54, 1.807) is 31.4 Å². The molecular formula is C29H38ClN5O7. The molecule has 2 amide bonds. The molecule has 2 atom stereocenters. The van der Waals surface area contributed by atoms with E-state index in [0.717, 1.165) is 13.1 Å². The van der Waals surface area contributed by atoms with Gasteiger partial charge in [-0.25, -0.2) is 4.79 Å². The molecule has 2 aromatic carbocycles. The number of rotatable bonds is 11. The van der Waals surface area contributed by atoms with E-state index in [1.165, 1.54) is 19.2 Å². The lowest BCUT2D eigenvalue weighted by molar-refractivity contribution is -0.118. The molecule has 2 saturated heterocycles. The molecule has 0 radical (unpaired) electrons. The van der Waals surface area contributed by atoms with Crippen LogP contribution in [0.5, 0.6) is 5.75 Å². The molecule has 2 aromatic rings. The quantitative estimate of drug-likeness (QED) is 0.257. The van der Waals surface area contributed by atoms with Gasteiger partial charge in [-0.2, -0.15) is 0 Å². The zero-order valence-corrected chi connectivity index (χ0v) is 24.7. The number of benzene rings is 2. The van der Waals surface area contributed by atoms with Crippen molar-refractivity contribution in [2.45, 2.75) is 18.6 Å². The van der Waals surface area contributed by atoms with Crippen LogP contribution < -0.4 is 21.1 Å². The summed E-state index contributed by atoms with van der Waals surface area (Å²) in [4.78, 5) is 42.3. The Labute approximate surface area is 250 Å². The molecule has 0 unspecified atom stereocenters. The molecule has 0 aliphatic carbocycles.